The molecular formula is C8H7ClN4OS. The van der Waals surface area contributed by atoms with Crippen LogP contribution in [0, 0.1) is 0 Å². The molecule has 5 nitrogen and oxygen atoms in total. The van der Waals surface area contributed by atoms with E-state index in [2.05, 4.69) is 19.9 Å². The molecule has 0 aliphatic carbocycles. The van der Waals surface area contributed by atoms with Crippen LogP contribution in [-0.4, -0.2) is 25.0 Å². The first-order valence-electron chi connectivity index (χ1n) is 4.08. The van der Waals surface area contributed by atoms with Crippen LogP contribution in [-0.2, 0) is 6.61 Å². The maximum absolute atomic E-state index is 9.12. The summed E-state index contributed by atoms with van der Waals surface area (Å²) >= 11 is 7.11. The van der Waals surface area contributed by atoms with Gasteiger partial charge in [0.15, 0.2) is 5.16 Å². The Balaban J connectivity index is 2.32. The normalized spacial score (nSPS) is 10.5. The van der Waals surface area contributed by atoms with Gasteiger partial charge >= 0.3 is 0 Å². The number of nitrogens with one attached hydrogen (secondary N) is 1. The van der Waals surface area contributed by atoms with Crippen LogP contribution >= 0.6 is 23.4 Å². The highest BCUT2D eigenvalue weighted by Gasteiger charge is 2.11. The number of imidazole rings is 1. The monoisotopic (exact) mass is 242 g/mol. The maximum atomic E-state index is 9.12. The maximum Gasteiger partial charge on any atom is 0.171 e. The number of aromatic amines is 1. The minimum atomic E-state index is -0.192. The highest BCUT2D eigenvalue weighted by molar-refractivity contribution is 7.99. The van der Waals surface area contributed by atoms with Gasteiger partial charge in [0, 0.05) is 18.0 Å². The summed E-state index contributed by atoms with van der Waals surface area (Å²) in [4.78, 5) is 14.8. The van der Waals surface area contributed by atoms with Crippen molar-refractivity contribution in [2.75, 3.05) is 0 Å². The number of rotatable bonds is 3. The van der Waals surface area contributed by atoms with Gasteiger partial charge in [0.1, 0.15) is 16.5 Å². The number of hydrogen-bond donors (Lipinski definition) is 2. The van der Waals surface area contributed by atoms with E-state index < -0.39 is 0 Å². The minimum absolute atomic E-state index is 0.192. The van der Waals surface area contributed by atoms with Crippen LogP contribution in [0.3, 0.4) is 0 Å². The Morgan fingerprint density at radius 3 is 2.93 bits per heavy atom. The fourth-order valence-electron chi connectivity index (χ4n) is 0.995. The Bertz CT molecular complexity index is 448. The molecule has 2 heterocycles. The zero-order chi connectivity index (χ0) is 10.7. The summed E-state index contributed by atoms with van der Waals surface area (Å²) in [6.07, 6.45) is 4.71. The van der Waals surface area contributed by atoms with Gasteiger partial charge < -0.3 is 10.1 Å². The van der Waals surface area contributed by atoms with Crippen molar-refractivity contribution in [1.29, 1.82) is 0 Å². The molecule has 0 radical (unpaired) electrons. The molecule has 0 bridgehead atoms. The highest BCUT2D eigenvalue weighted by atomic mass is 35.5. The first-order chi connectivity index (χ1) is 7.31. The summed E-state index contributed by atoms with van der Waals surface area (Å²) < 4.78 is 0. The number of hydrogen-bond acceptors (Lipinski definition) is 5. The molecule has 0 atom stereocenters. The average molecular weight is 243 g/mol. The van der Waals surface area contributed by atoms with E-state index in [4.69, 9.17) is 16.7 Å². The Morgan fingerprint density at radius 1 is 1.40 bits per heavy atom. The Kier molecular flexibility index (Phi) is 3.20. The van der Waals surface area contributed by atoms with Gasteiger partial charge in [0.05, 0.1) is 6.61 Å². The van der Waals surface area contributed by atoms with E-state index in [1.807, 2.05) is 0 Å². The topological polar surface area (TPSA) is 74.7 Å². The zero-order valence-electron chi connectivity index (χ0n) is 7.51. The Morgan fingerprint density at radius 2 is 2.27 bits per heavy atom. The number of aliphatic hydroxyl groups is 1. The third-order valence-electron chi connectivity index (χ3n) is 1.68. The summed E-state index contributed by atoms with van der Waals surface area (Å²) in [5.41, 5.74) is 0.514. The van der Waals surface area contributed by atoms with E-state index in [1.54, 1.807) is 12.4 Å². The molecule has 2 aromatic rings. The van der Waals surface area contributed by atoms with E-state index in [1.165, 1.54) is 18.1 Å². The molecule has 0 aromatic carbocycles. The van der Waals surface area contributed by atoms with Crippen molar-refractivity contribution in [2.45, 2.75) is 16.8 Å². The van der Waals surface area contributed by atoms with Crippen molar-refractivity contribution in [1.82, 2.24) is 19.9 Å². The average Bonchev–Trinajstić information content (AvgIpc) is 2.71. The first-order valence-corrected chi connectivity index (χ1v) is 5.28. The van der Waals surface area contributed by atoms with Gasteiger partial charge in [0.25, 0.3) is 0 Å². The summed E-state index contributed by atoms with van der Waals surface area (Å²) in [7, 11) is 0. The molecule has 2 N–H and O–H groups in total. The quantitative estimate of drug-likeness (QED) is 0.798. The second-order valence-electron chi connectivity index (χ2n) is 2.60. The van der Waals surface area contributed by atoms with Crippen LogP contribution in [0.5, 0.6) is 0 Å². The molecule has 0 amide bonds. The van der Waals surface area contributed by atoms with Crippen LogP contribution < -0.4 is 0 Å². The zero-order valence-corrected chi connectivity index (χ0v) is 9.09. The lowest BCUT2D eigenvalue weighted by Gasteiger charge is -2.04. The molecular weight excluding hydrogens is 236 g/mol. The second kappa shape index (κ2) is 4.61. The second-order valence-corrected chi connectivity index (χ2v) is 3.94. The predicted molar refractivity (Wildman–Crippen MR) is 55.7 cm³/mol. The molecule has 7 heteroatoms. The van der Waals surface area contributed by atoms with Gasteiger partial charge in [-0.2, -0.15) is 0 Å². The minimum Gasteiger partial charge on any atom is -0.391 e. The molecule has 0 saturated heterocycles. The number of aliphatic hydroxyl groups excluding tert-OH is 1. The fraction of sp³-hybridized carbons (Fsp3) is 0.125. The Labute approximate surface area is 94.9 Å². The molecule has 0 unspecified atom stereocenters. The summed E-state index contributed by atoms with van der Waals surface area (Å²) in [5.74, 6) is 0. The highest BCUT2D eigenvalue weighted by Crippen LogP contribution is 2.28. The lowest BCUT2D eigenvalue weighted by Crippen LogP contribution is -1.95. The van der Waals surface area contributed by atoms with Gasteiger partial charge in [0.2, 0.25) is 0 Å². The molecule has 0 aliphatic heterocycles. The van der Waals surface area contributed by atoms with E-state index in [9.17, 15) is 0 Å². The smallest absolute Gasteiger partial charge is 0.171 e. The van der Waals surface area contributed by atoms with Gasteiger partial charge in [-0.1, -0.05) is 11.6 Å². The number of nitrogens with zero attached hydrogens (tertiary/aromatic N) is 3. The van der Waals surface area contributed by atoms with Crippen LogP contribution in [0.2, 0.25) is 5.15 Å². The van der Waals surface area contributed by atoms with E-state index in [0.717, 1.165) is 0 Å². The van der Waals surface area contributed by atoms with Crippen molar-refractivity contribution in [3.05, 3.63) is 29.4 Å². The molecule has 78 valence electrons. The lowest BCUT2D eigenvalue weighted by atomic mass is 10.4. The third-order valence-corrected chi connectivity index (χ3v) is 2.97. The van der Waals surface area contributed by atoms with Gasteiger partial charge in [-0.05, 0) is 11.8 Å². The standard InChI is InChI=1S/C8H7ClN4OS/c9-6-5(3-14)7(13-4-12-6)15-8-10-1-2-11-8/h1-2,4,14H,3H2,(H,10,11). The number of halogens is 1. The summed E-state index contributed by atoms with van der Waals surface area (Å²) in [6.45, 7) is -0.192. The van der Waals surface area contributed by atoms with E-state index in [-0.39, 0.29) is 11.8 Å². The number of H-pyrrole nitrogens is 1. The van der Waals surface area contributed by atoms with Crippen molar-refractivity contribution in [3.8, 4) is 0 Å². The largest absolute Gasteiger partial charge is 0.391 e. The van der Waals surface area contributed by atoms with Crippen molar-refractivity contribution in [2.24, 2.45) is 0 Å². The van der Waals surface area contributed by atoms with E-state index >= 15 is 0 Å². The van der Waals surface area contributed by atoms with Crippen LogP contribution in [0.25, 0.3) is 0 Å². The van der Waals surface area contributed by atoms with Crippen LogP contribution in [0.15, 0.2) is 28.9 Å². The Hall–Kier alpha value is -1.11. The fourth-order valence-corrected chi connectivity index (χ4v) is 2.05. The summed E-state index contributed by atoms with van der Waals surface area (Å²) in [5, 5.41) is 10.7. The SMILES string of the molecule is OCc1c(Cl)ncnc1Sc1ncc[nH]1. The summed E-state index contributed by atoms with van der Waals surface area (Å²) in [6, 6.07) is 0. The van der Waals surface area contributed by atoms with Crippen molar-refractivity contribution in [3.63, 3.8) is 0 Å². The number of aromatic nitrogens is 4. The lowest BCUT2D eigenvalue weighted by molar-refractivity contribution is 0.277. The molecule has 0 spiro atoms. The third kappa shape index (κ3) is 2.28. The first kappa shape index (κ1) is 10.4. The van der Waals surface area contributed by atoms with Gasteiger partial charge in [-0.25, -0.2) is 15.0 Å². The van der Waals surface area contributed by atoms with Crippen LogP contribution in [0.4, 0.5) is 0 Å². The molecule has 2 aromatic heterocycles. The predicted octanol–water partition coefficient (Wildman–Crippen LogP) is 1.50. The molecule has 0 saturated carbocycles. The molecule has 15 heavy (non-hydrogen) atoms. The van der Waals surface area contributed by atoms with Gasteiger partial charge in [-0.15, -0.1) is 0 Å². The van der Waals surface area contributed by atoms with Crippen LogP contribution in [0.1, 0.15) is 5.56 Å². The van der Waals surface area contributed by atoms with Crippen molar-refractivity contribution < 1.29 is 5.11 Å². The molecule has 0 aliphatic rings. The molecule has 0 fully saturated rings. The van der Waals surface area contributed by atoms with E-state index in [0.29, 0.717) is 15.7 Å². The van der Waals surface area contributed by atoms with Crippen molar-refractivity contribution >= 4 is 23.4 Å². The molecule has 2 rings (SSSR count). The van der Waals surface area contributed by atoms with Gasteiger partial charge in [-0.3, -0.25) is 0 Å².